The summed E-state index contributed by atoms with van der Waals surface area (Å²) in [5.41, 5.74) is 3.77. The maximum absolute atomic E-state index is 4.65. The Morgan fingerprint density at radius 1 is 0.885 bits per heavy atom. The van der Waals surface area contributed by atoms with Gasteiger partial charge in [0.25, 0.3) is 0 Å². The van der Waals surface area contributed by atoms with Crippen LogP contribution in [-0.2, 0) is 6.54 Å². The smallest absolute Gasteiger partial charge is 0.130 e. The first-order valence-corrected chi connectivity index (χ1v) is 9.44. The summed E-state index contributed by atoms with van der Waals surface area (Å²) < 4.78 is 0. The van der Waals surface area contributed by atoms with Crippen LogP contribution in [0.1, 0.15) is 36.4 Å². The van der Waals surface area contributed by atoms with Crippen LogP contribution in [0.3, 0.4) is 0 Å². The van der Waals surface area contributed by atoms with E-state index in [0.717, 1.165) is 24.6 Å². The van der Waals surface area contributed by atoms with Crippen LogP contribution in [0, 0.1) is 0 Å². The predicted octanol–water partition coefficient (Wildman–Crippen LogP) is 5.55. The number of rotatable bonds is 5. The molecule has 1 saturated heterocycles. The van der Waals surface area contributed by atoms with E-state index in [-0.39, 0.29) is 0 Å². The lowest BCUT2D eigenvalue weighted by molar-refractivity contribution is 0.140. The minimum Gasteiger partial charge on any atom is -0.340 e. The van der Waals surface area contributed by atoms with Crippen LogP contribution < -0.4 is 5.32 Å². The van der Waals surface area contributed by atoms with E-state index in [9.17, 15) is 0 Å². The fourth-order valence-corrected chi connectivity index (χ4v) is 3.72. The summed E-state index contributed by atoms with van der Waals surface area (Å²) in [7, 11) is 0. The minimum absolute atomic E-state index is 0.460. The Labute approximate surface area is 155 Å². The molecule has 1 aliphatic heterocycles. The maximum Gasteiger partial charge on any atom is 0.130 e. The average molecular weight is 343 g/mol. The number of para-hydroxylation sites is 1. The van der Waals surface area contributed by atoms with Gasteiger partial charge in [0, 0.05) is 24.5 Å². The van der Waals surface area contributed by atoms with E-state index in [1.807, 2.05) is 24.4 Å². The van der Waals surface area contributed by atoms with Crippen LogP contribution in [0.4, 0.5) is 11.5 Å². The van der Waals surface area contributed by atoms with Gasteiger partial charge in [-0.05, 0) is 48.7 Å². The van der Waals surface area contributed by atoms with Crippen molar-refractivity contribution in [2.75, 3.05) is 11.9 Å². The van der Waals surface area contributed by atoms with Gasteiger partial charge in [-0.15, -0.1) is 0 Å². The lowest BCUT2D eigenvalue weighted by Gasteiger charge is -2.36. The molecule has 1 aromatic heterocycles. The van der Waals surface area contributed by atoms with E-state index in [4.69, 9.17) is 0 Å². The number of nitrogens with one attached hydrogen (secondary N) is 1. The Morgan fingerprint density at radius 3 is 2.38 bits per heavy atom. The third-order valence-electron chi connectivity index (χ3n) is 5.06. The molecule has 2 heterocycles. The fraction of sp³-hybridized carbons (Fsp3) is 0.261. The molecule has 1 fully saturated rings. The minimum atomic E-state index is 0.460. The zero-order chi connectivity index (χ0) is 17.6. The number of nitrogens with zero attached hydrogens (tertiary/aromatic N) is 2. The highest BCUT2D eigenvalue weighted by Gasteiger charge is 2.24. The molecule has 0 amide bonds. The van der Waals surface area contributed by atoms with Crippen molar-refractivity contribution in [3.8, 4) is 0 Å². The molecule has 1 aliphatic rings. The van der Waals surface area contributed by atoms with E-state index in [0.29, 0.717) is 6.04 Å². The van der Waals surface area contributed by atoms with E-state index in [1.165, 1.54) is 30.4 Å². The van der Waals surface area contributed by atoms with E-state index >= 15 is 0 Å². The van der Waals surface area contributed by atoms with Crippen molar-refractivity contribution in [2.45, 2.75) is 31.8 Å². The Hall–Kier alpha value is -2.65. The van der Waals surface area contributed by atoms with Crippen molar-refractivity contribution in [1.82, 2.24) is 9.88 Å². The molecule has 0 spiro atoms. The van der Waals surface area contributed by atoms with Gasteiger partial charge in [-0.2, -0.15) is 0 Å². The predicted molar refractivity (Wildman–Crippen MR) is 107 cm³/mol. The van der Waals surface area contributed by atoms with E-state index < -0.39 is 0 Å². The third-order valence-corrected chi connectivity index (χ3v) is 5.06. The Bertz CT molecular complexity index is 800. The van der Waals surface area contributed by atoms with Crippen molar-refractivity contribution >= 4 is 11.5 Å². The molecule has 3 heteroatoms. The summed E-state index contributed by atoms with van der Waals surface area (Å²) in [4.78, 5) is 7.25. The Morgan fingerprint density at radius 2 is 1.65 bits per heavy atom. The first kappa shape index (κ1) is 16.8. The molecule has 0 radical (unpaired) electrons. The van der Waals surface area contributed by atoms with Gasteiger partial charge in [0.15, 0.2) is 0 Å². The molecule has 1 N–H and O–H groups in total. The van der Waals surface area contributed by atoms with Crippen molar-refractivity contribution in [2.24, 2.45) is 0 Å². The summed E-state index contributed by atoms with van der Waals surface area (Å²) in [6, 6.07) is 25.7. The topological polar surface area (TPSA) is 28.2 Å². The normalized spacial score (nSPS) is 17.8. The Kier molecular flexibility index (Phi) is 5.27. The molecule has 0 unspecified atom stereocenters. The molecule has 26 heavy (non-hydrogen) atoms. The van der Waals surface area contributed by atoms with Gasteiger partial charge in [-0.25, -0.2) is 4.98 Å². The lowest BCUT2D eigenvalue weighted by atomic mass is 9.95. The second-order valence-electron chi connectivity index (χ2n) is 6.94. The Balaban J connectivity index is 1.47. The van der Waals surface area contributed by atoms with Crippen LogP contribution in [0.5, 0.6) is 0 Å². The number of piperidine rings is 1. The van der Waals surface area contributed by atoms with Gasteiger partial charge in [-0.1, -0.05) is 61.0 Å². The van der Waals surface area contributed by atoms with Gasteiger partial charge < -0.3 is 5.32 Å². The van der Waals surface area contributed by atoms with Crippen molar-refractivity contribution in [3.63, 3.8) is 0 Å². The standard InChI is InChI=1S/C23H25N3/c1-3-9-19(10-4-1)18-26-16-8-7-13-22(26)20-14-15-23(24-17-20)25-21-11-5-2-6-12-21/h1-6,9-12,14-15,17,22H,7-8,13,16,18H2,(H,24,25)/t22-/m1/s1. The number of pyridine rings is 1. The zero-order valence-electron chi connectivity index (χ0n) is 15.0. The second-order valence-corrected chi connectivity index (χ2v) is 6.94. The summed E-state index contributed by atoms with van der Waals surface area (Å²) in [6.07, 6.45) is 5.82. The number of benzene rings is 2. The zero-order valence-corrected chi connectivity index (χ0v) is 15.0. The molecule has 0 bridgehead atoms. The highest BCUT2D eigenvalue weighted by Crippen LogP contribution is 2.32. The monoisotopic (exact) mass is 343 g/mol. The van der Waals surface area contributed by atoms with E-state index in [2.05, 4.69) is 69.8 Å². The lowest BCUT2D eigenvalue weighted by Crippen LogP contribution is -2.33. The largest absolute Gasteiger partial charge is 0.340 e. The summed E-state index contributed by atoms with van der Waals surface area (Å²) >= 11 is 0. The molecular weight excluding hydrogens is 318 g/mol. The second kappa shape index (κ2) is 8.15. The highest BCUT2D eigenvalue weighted by atomic mass is 15.2. The quantitative estimate of drug-likeness (QED) is 0.658. The highest BCUT2D eigenvalue weighted by molar-refractivity contribution is 5.55. The van der Waals surface area contributed by atoms with Crippen LogP contribution in [0.25, 0.3) is 0 Å². The number of aromatic nitrogens is 1. The molecular formula is C23H25N3. The van der Waals surface area contributed by atoms with Crippen molar-refractivity contribution in [1.29, 1.82) is 0 Å². The molecule has 0 aliphatic carbocycles. The number of hydrogen-bond donors (Lipinski definition) is 1. The van der Waals surface area contributed by atoms with Gasteiger partial charge >= 0.3 is 0 Å². The van der Waals surface area contributed by atoms with Crippen LogP contribution >= 0.6 is 0 Å². The molecule has 1 atom stereocenters. The molecule has 0 saturated carbocycles. The van der Waals surface area contributed by atoms with Gasteiger partial charge in [0.1, 0.15) is 5.82 Å². The third kappa shape index (κ3) is 4.12. The summed E-state index contributed by atoms with van der Waals surface area (Å²) in [5.74, 6) is 0.894. The number of anilines is 2. The average Bonchev–Trinajstić information content (AvgIpc) is 2.71. The molecule has 132 valence electrons. The van der Waals surface area contributed by atoms with Crippen molar-refractivity contribution in [3.05, 3.63) is 90.1 Å². The van der Waals surface area contributed by atoms with Gasteiger partial charge in [-0.3, -0.25) is 4.90 Å². The summed E-state index contributed by atoms with van der Waals surface area (Å²) in [6.45, 7) is 2.17. The molecule has 3 nitrogen and oxygen atoms in total. The first-order chi connectivity index (χ1) is 12.9. The van der Waals surface area contributed by atoms with Crippen LogP contribution in [0.2, 0.25) is 0 Å². The fourth-order valence-electron chi connectivity index (χ4n) is 3.72. The van der Waals surface area contributed by atoms with Gasteiger partial charge in [0.2, 0.25) is 0 Å². The maximum atomic E-state index is 4.65. The van der Waals surface area contributed by atoms with Crippen LogP contribution in [-0.4, -0.2) is 16.4 Å². The number of hydrogen-bond acceptors (Lipinski definition) is 3. The van der Waals surface area contributed by atoms with Gasteiger partial charge in [0.05, 0.1) is 0 Å². The molecule has 4 rings (SSSR count). The molecule has 2 aromatic carbocycles. The summed E-state index contributed by atoms with van der Waals surface area (Å²) in [5, 5.41) is 3.36. The molecule has 3 aromatic rings. The van der Waals surface area contributed by atoms with Crippen molar-refractivity contribution < 1.29 is 0 Å². The van der Waals surface area contributed by atoms with E-state index in [1.54, 1.807) is 0 Å². The SMILES string of the molecule is c1ccc(CN2CCCC[C@@H]2c2ccc(Nc3ccccc3)nc2)cc1. The van der Waals surface area contributed by atoms with Crippen LogP contribution in [0.15, 0.2) is 79.0 Å². The number of likely N-dealkylation sites (tertiary alicyclic amines) is 1. The first-order valence-electron chi connectivity index (χ1n) is 9.44.